The van der Waals surface area contributed by atoms with Crippen molar-refractivity contribution in [2.24, 2.45) is 5.73 Å². The fraction of sp³-hybridized carbons (Fsp3) is 0.154. The number of rotatable bonds is 2. The number of nitrogens with zero attached hydrogens (tertiary/aromatic N) is 1. The Morgan fingerprint density at radius 3 is 1.88 bits per heavy atom. The number of aryl methyl sites for hydroxylation is 1. The molecule has 0 radical (unpaired) electrons. The molecule has 0 saturated heterocycles. The summed E-state index contributed by atoms with van der Waals surface area (Å²) in [5.74, 6) is 0. The van der Waals surface area contributed by atoms with E-state index in [9.17, 15) is 0 Å². The highest BCUT2D eigenvalue weighted by Crippen LogP contribution is 2.18. The molecule has 2 nitrogen and oxygen atoms in total. The molecule has 0 saturated carbocycles. The third-order valence-corrected chi connectivity index (χ3v) is 2.50. The minimum Gasteiger partial charge on any atom is -0.320 e. The molecule has 0 amide bonds. The van der Waals surface area contributed by atoms with Crippen LogP contribution in [0.2, 0.25) is 0 Å². The molecule has 2 N–H and O–H groups in total. The summed E-state index contributed by atoms with van der Waals surface area (Å²) in [6, 6.07) is 12.1. The van der Waals surface area contributed by atoms with Crippen molar-refractivity contribution in [2.75, 3.05) is 0 Å². The van der Waals surface area contributed by atoms with Crippen molar-refractivity contribution in [2.45, 2.75) is 13.0 Å². The van der Waals surface area contributed by atoms with Gasteiger partial charge in [0.1, 0.15) is 0 Å². The van der Waals surface area contributed by atoms with E-state index < -0.39 is 0 Å². The second kappa shape index (κ2) is 7.28. The van der Waals surface area contributed by atoms with Gasteiger partial charge in [-0.3, -0.25) is 4.98 Å². The highest BCUT2D eigenvalue weighted by atomic mass is 35.5. The second-order valence-electron chi connectivity index (χ2n) is 3.67. The first-order valence-corrected chi connectivity index (χ1v) is 4.99. The summed E-state index contributed by atoms with van der Waals surface area (Å²) in [5.41, 5.74) is 9.61. The molecule has 1 atom stereocenters. The van der Waals surface area contributed by atoms with Gasteiger partial charge in [0.2, 0.25) is 0 Å². The van der Waals surface area contributed by atoms with Gasteiger partial charge in [-0.2, -0.15) is 0 Å². The second-order valence-corrected chi connectivity index (χ2v) is 3.67. The maximum atomic E-state index is 6.14. The van der Waals surface area contributed by atoms with Gasteiger partial charge in [-0.1, -0.05) is 29.8 Å². The molecule has 0 bridgehead atoms. The largest absolute Gasteiger partial charge is 0.320 e. The molecule has 1 aromatic carbocycles. The fourth-order valence-electron chi connectivity index (χ4n) is 1.54. The Hall–Kier alpha value is -1.09. The van der Waals surface area contributed by atoms with E-state index in [2.05, 4.69) is 36.2 Å². The Morgan fingerprint density at radius 2 is 1.35 bits per heavy atom. The molecule has 0 aliphatic carbocycles. The smallest absolute Gasteiger partial charge is 0.0552 e. The van der Waals surface area contributed by atoms with Crippen LogP contribution in [0.3, 0.4) is 0 Å². The van der Waals surface area contributed by atoms with Crippen LogP contribution in [-0.4, -0.2) is 4.98 Å². The molecule has 0 fully saturated rings. The third-order valence-electron chi connectivity index (χ3n) is 2.50. The number of halogens is 2. The average Bonchev–Trinajstić information content (AvgIpc) is 2.30. The highest BCUT2D eigenvalue weighted by Gasteiger charge is 2.07. The molecule has 92 valence electrons. The standard InChI is InChI=1S/C13H14N2.2ClH/c1-10-2-4-11(5-3-10)13(14)12-6-8-15-9-7-12;;/h2-9,13H,14H2,1H3;2*1H. The van der Waals surface area contributed by atoms with Gasteiger partial charge in [0.15, 0.2) is 0 Å². The zero-order valence-corrected chi connectivity index (χ0v) is 11.2. The van der Waals surface area contributed by atoms with Gasteiger partial charge in [0.05, 0.1) is 6.04 Å². The number of hydrogen-bond acceptors (Lipinski definition) is 2. The van der Waals surface area contributed by atoms with Crippen LogP contribution in [0.15, 0.2) is 48.8 Å². The monoisotopic (exact) mass is 270 g/mol. The normalized spacial score (nSPS) is 10.9. The Morgan fingerprint density at radius 1 is 0.882 bits per heavy atom. The van der Waals surface area contributed by atoms with Crippen LogP contribution in [-0.2, 0) is 0 Å². The molecule has 1 aromatic heterocycles. The average molecular weight is 271 g/mol. The predicted molar refractivity (Wildman–Crippen MR) is 75.9 cm³/mol. The maximum Gasteiger partial charge on any atom is 0.0552 e. The zero-order valence-electron chi connectivity index (χ0n) is 9.54. The van der Waals surface area contributed by atoms with Gasteiger partial charge in [-0.15, -0.1) is 24.8 Å². The van der Waals surface area contributed by atoms with Crippen LogP contribution < -0.4 is 5.73 Å². The highest BCUT2D eigenvalue weighted by molar-refractivity contribution is 5.85. The molecular formula is C13H16Cl2N2. The topological polar surface area (TPSA) is 38.9 Å². The zero-order chi connectivity index (χ0) is 10.7. The summed E-state index contributed by atoms with van der Waals surface area (Å²) >= 11 is 0. The van der Waals surface area contributed by atoms with Crippen molar-refractivity contribution in [3.05, 3.63) is 65.5 Å². The molecular weight excluding hydrogens is 255 g/mol. The molecule has 4 heteroatoms. The summed E-state index contributed by atoms with van der Waals surface area (Å²) < 4.78 is 0. The summed E-state index contributed by atoms with van der Waals surface area (Å²) in [6.07, 6.45) is 3.53. The van der Waals surface area contributed by atoms with Crippen molar-refractivity contribution in [3.8, 4) is 0 Å². The summed E-state index contributed by atoms with van der Waals surface area (Å²) in [6.45, 7) is 2.07. The lowest BCUT2D eigenvalue weighted by Crippen LogP contribution is -2.11. The van der Waals surface area contributed by atoms with Crippen LogP contribution in [0.1, 0.15) is 22.7 Å². The van der Waals surface area contributed by atoms with Crippen LogP contribution in [0, 0.1) is 6.92 Å². The van der Waals surface area contributed by atoms with Crippen molar-refractivity contribution < 1.29 is 0 Å². The first-order valence-electron chi connectivity index (χ1n) is 4.99. The van der Waals surface area contributed by atoms with E-state index in [0.29, 0.717) is 0 Å². The minimum absolute atomic E-state index is 0. The van der Waals surface area contributed by atoms with E-state index in [1.165, 1.54) is 5.56 Å². The number of aromatic nitrogens is 1. The van der Waals surface area contributed by atoms with Gasteiger partial charge < -0.3 is 5.73 Å². The van der Waals surface area contributed by atoms with Crippen LogP contribution in [0.25, 0.3) is 0 Å². The molecule has 0 spiro atoms. The molecule has 2 rings (SSSR count). The molecule has 1 heterocycles. The lowest BCUT2D eigenvalue weighted by Gasteiger charge is -2.12. The first kappa shape index (κ1) is 15.9. The van der Waals surface area contributed by atoms with Crippen molar-refractivity contribution in [1.82, 2.24) is 4.98 Å². The molecule has 0 aliphatic heterocycles. The van der Waals surface area contributed by atoms with Crippen molar-refractivity contribution >= 4 is 24.8 Å². The number of nitrogens with two attached hydrogens (primary N) is 1. The fourth-order valence-corrected chi connectivity index (χ4v) is 1.54. The van der Waals surface area contributed by atoms with Crippen molar-refractivity contribution in [1.29, 1.82) is 0 Å². The van der Waals surface area contributed by atoms with Gasteiger partial charge in [0, 0.05) is 12.4 Å². The van der Waals surface area contributed by atoms with Gasteiger partial charge in [-0.25, -0.2) is 0 Å². The van der Waals surface area contributed by atoms with Crippen LogP contribution in [0.5, 0.6) is 0 Å². The number of benzene rings is 1. The maximum absolute atomic E-state index is 6.14. The van der Waals surface area contributed by atoms with E-state index in [4.69, 9.17) is 5.73 Å². The van der Waals surface area contributed by atoms with Gasteiger partial charge in [-0.05, 0) is 30.2 Å². The van der Waals surface area contributed by atoms with Crippen LogP contribution >= 0.6 is 24.8 Å². The van der Waals surface area contributed by atoms with Gasteiger partial charge in [0.25, 0.3) is 0 Å². The SMILES string of the molecule is Cc1ccc(C(N)c2ccncc2)cc1.Cl.Cl. The van der Waals surface area contributed by atoms with E-state index in [-0.39, 0.29) is 30.9 Å². The van der Waals surface area contributed by atoms with Crippen LogP contribution in [0.4, 0.5) is 0 Å². The Labute approximate surface area is 114 Å². The van der Waals surface area contributed by atoms with Gasteiger partial charge >= 0.3 is 0 Å². The van der Waals surface area contributed by atoms with E-state index >= 15 is 0 Å². The minimum atomic E-state index is -0.0615. The lowest BCUT2D eigenvalue weighted by molar-refractivity contribution is 0.867. The van der Waals surface area contributed by atoms with E-state index in [0.717, 1.165) is 11.1 Å². The van der Waals surface area contributed by atoms with E-state index in [1.54, 1.807) is 12.4 Å². The number of hydrogen-bond donors (Lipinski definition) is 1. The van der Waals surface area contributed by atoms with Crippen molar-refractivity contribution in [3.63, 3.8) is 0 Å². The molecule has 17 heavy (non-hydrogen) atoms. The Balaban J connectivity index is 0.00000128. The Bertz CT molecular complexity index is 429. The molecule has 1 unspecified atom stereocenters. The van der Waals surface area contributed by atoms with E-state index in [1.807, 2.05) is 12.1 Å². The quantitative estimate of drug-likeness (QED) is 0.910. The summed E-state index contributed by atoms with van der Waals surface area (Å²) in [7, 11) is 0. The summed E-state index contributed by atoms with van der Waals surface area (Å²) in [4.78, 5) is 3.98. The number of pyridine rings is 1. The Kier molecular flexibility index (Phi) is 6.81. The lowest BCUT2D eigenvalue weighted by atomic mass is 10.00. The first-order chi connectivity index (χ1) is 7.27. The third kappa shape index (κ3) is 4.00. The molecule has 0 aliphatic rings. The predicted octanol–water partition coefficient (Wildman–Crippen LogP) is 3.28. The molecule has 2 aromatic rings. The summed E-state index contributed by atoms with van der Waals surface area (Å²) in [5, 5.41) is 0.